The summed E-state index contributed by atoms with van der Waals surface area (Å²) in [5.41, 5.74) is 3.49. The van der Waals surface area contributed by atoms with Crippen LogP contribution in [-0.4, -0.2) is 34.8 Å². The number of piperidine rings is 1. The Bertz CT molecular complexity index is 1190. The molecule has 2 unspecified atom stereocenters. The van der Waals surface area contributed by atoms with Crippen molar-refractivity contribution in [3.8, 4) is 0 Å². The fourth-order valence-electron chi connectivity index (χ4n) is 4.61. The van der Waals surface area contributed by atoms with Crippen molar-refractivity contribution in [3.05, 3.63) is 70.7 Å². The van der Waals surface area contributed by atoms with E-state index in [1.54, 1.807) is 25.1 Å². The monoisotopic (exact) mass is 433 g/mol. The van der Waals surface area contributed by atoms with Crippen LogP contribution in [0.1, 0.15) is 52.2 Å². The van der Waals surface area contributed by atoms with Gasteiger partial charge in [-0.15, -0.1) is 0 Å². The Kier molecular flexibility index (Phi) is 5.96. The Balaban J connectivity index is 1.62. The predicted molar refractivity (Wildman–Crippen MR) is 124 cm³/mol. The number of aromatic nitrogens is 1. The molecule has 5 nitrogen and oxygen atoms in total. The molecular weight excluding hydrogens is 405 g/mol. The lowest BCUT2D eigenvalue weighted by Gasteiger charge is -2.35. The Morgan fingerprint density at radius 2 is 1.75 bits per heavy atom. The fraction of sp³-hybridized carbons (Fsp3) is 0.346. The van der Waals surface area contributed by atoms with E-state index < -0.39 is 5.82 Å². The molecule has 1 aliphatic rings. The minimum Gasteiger partial charge on any atom is -0.338 e. The minimum atomic E-state index is -0.398. The molecule has 0 bridgehead atoms. The van der Waals surface area contributed by atoms with Crippen LogP contribution in [0, 0.1) is 31.5 Å². The largest absolute Gasteiger partial charge is 0.338 e. The molecule has 0 spiro atoms. The summed E-state index contributed by atoms with van der Waals surface area (Å²) in [4.78, 5) is 32.5. The van der Waals surface area contributed by atoms with Gasteiger partial charge in [0.25, 0.3) is 11.8 Å². The first-order valence-electron chi connectivity index (χ1n) is 11.0. The molecule has 32 heavy (non-hydrogen) atoms. The zero-order valence-corrected chi connectivity index (χ0v) is 18.9. The molecule has 1 aromatic heterocycles. The third-order valence-corrected chi connectivity index (χ3v) is 6.03. The van der Waals surface area contributed by atoms with Gasteiger partial charge in [-0.1, -0.05) is 19.9 Å². The van der Waals surface area contributed by atoms with E-state index in [0.29, 0.717) is 45.2 Å². The van der Waals surface area contributed by atoms with E-state index in [9.17, 15) is 14.0 Å². The van der Waals surface area contributed by atoms with Gasteiger partial charge in [-0.25, -0.2) is 4.39 Å². The van der Waals surface area contributed by atoms with Crippen LogP contribution in [0.4, 0.5) is 10.1 Å². The van der Waals surface area contributed by atoms with Crippen LogP contribution in [0.3, 0.4) is 0 Å². The van der Waals surface area contributed by atoms with Crippen molar-refractivity contribution in [1.82, 2.24) is 9.88 Å². The number of hydrogen-bond donors (Lipinski definition) is 1. The van der Waals surface area contributed by atoms with E-state index >= 15 is 0 Å². The second-order valence-corrected chi connectivity index (χ2v) is 9.11. The lowest BCUT2D eigenvalue weighted by atomic mass is 9.91. The third kappa shape index (κ3) is 4.49. The normalized spacial score (nSPS) is 18.6. The highest BCUT2D eigenvalue weighted by molar-refractivity contribution is 6.13. The van der Waals surface area contributed by atoms with Crippen LogP contribution in [0.25, 0.3) is 10.9 Å². The first kappa shape index (κ1) is 21.9. The molecule has 6 heteroatoms. The molecule has 1 aliphatic heterocycles. The summed E-state index contributed by atoms with van der Waals surface area (Å²) in [6.45, 7) is 9.49. The summed E-state index contributed by atoms with van der Waals surface area (Å²) in [5.74, 6) is 0.214. The zero-order chi connectivity index (χ0) is 23.0. The smallest absolute Gasteiger partial charge is 0.256 e. The standard InChI is InChI=1S/C26H28FN3O2/c1-15-9-16(2)14-30(13-15)26(32)19-6-5-17(3)23(11-19)29-25(31)22-10-18(4)28-24-12-20(27)7-8-21(22)24/h5-8,10-12,15-16H,9,13-14H2,1-4H3,(H,29,31). The molecule has 3 aromatic rings. The number of nitrogens with zero attached hydrogens (tertiary/aromatic N) is 2. The van der Waals surface area contributed by atoms with E-state index in [4.69, 9.17) is 0 Å². The summed E-state index contributed by atoms with van der Waals surface area (Å²) in [7, 11) is 0. The summed E-state index contributed by atoms with van der Waals surface area (Å²) in [6.07, 6.45) is 1.13. The maximum atomic E-state index is 13.6. The number of aryl methyl sites for hydroxylation is 2. The molecule has 4 rings (SSSR count). The average molecular weight is 434 g/mol. The van der Waals surface area contributed by atoms with Crippen molar-refractivity contribution in [2.24, 2.45) is 11.8 Å². The van der Waals surface area contributed by atoms with Crippen molar-refractivity contribution in [3.63, 3.8) is 0 Å². The number of fused-ring (bicyclic) bond motifs is 1. The lowest BCUT2D eigenvalue weighted by Crippen LogP contribution is -2.42. The van der Waals surface area contributed by atoms with Crippen molar-refractivity contribution >= 4 is 28.4 Å². The van der Waals surface area contributed by atoms with Crippen LogP contribution < -0.4 is 5.32 Å². The first-order chi connectivity index (χ1) is 15.2. The molecule has 2 amide bonds. The molecule has 1 fully saturated rings. The number of halogens is 1. The van der Waals surface area contributed by atoms with Crippen molar-refractivity contribution < 1.29 is 14.0 Å². The van der Waals surface area contributed by atoms with Crippen molar-refractivity contribution in [2.75, 3.05) is 18.4 Å². The Morgan fingerprint density at radius 1 is 1.03 bits per heavy atom. The van der Waals surface area contributed by atoms with E-state index in [1.165, 1.54) is 12.1 Å². The van der Waals surface area contributed by atoms with Gasteiger partial charge in [0.15, 0.2) is 0 Å². The van der Waals surface area contributed by atoms with Gasteiger partial charge in [-0.2, -0.15) is 0 Å². The highest BCUT2D eigenvalue weighted by atomic mass is 19.1. The van der Waals surface area contributed by atoms with Crippen LogP contribution in [0.15, 0.2) is 42.5 Å². The SMILES string of the molecule is Cc1cc(C(=O)Nc2cc(C(=O)N3CC(C)CC(C)C3)ccc2C)c2ccc(F)cc2n1. The highest BCUT2D eigenvalue weighted by Crippen LogP contribution is 2.26. The number of amides is 2. The van der Waals surface area contributed by atoms with E-state index in [0.717, 1.165) is 25.1 Å². The second-order valence-electron chi connectivity index (χ2n) is 9.11. The molecule has 2 aromatic carbocycles. The number of benzene rings is 2. The fourth-order valence-corrected chi connectivity index (χ4v) is 4.61. The molecule has 166 valence electrons. The first-order valence-corrected chi connectivity index (χ1v) is 11.0. The van der Waals surface area contributed by atoms with Gasteiger partial charge >= 0.3 is 0 Å². The van der Waals surface area contributed by atoms with Crippen LogP contribution >= 0.6 is 0 Å². The third-order valence-electron chi connectivity index (χ3n) is 6.03. The van der Waals surface area contributed by atoms with Gasteiger partial charge in [0.1, 0.15) is 5.82 Å². The molecule has 1 saturated heterocycles. The Labute approximate surface area is 187 Å². The Hall–Kier alpha value is -3.28. The lowest BCUT2D eigenvalue weighted by molar-refractivity contribution is 0.0623. The Morgan fingerprint density at radius 3 is 2.47 bits per heavy atom. The van der Waals surface area contributed by atoms with Gasteiger partial charge in [0.2, 0.25) is 0 Å². The quantitative estimate of drug-likeness (QED) is 0.605. The van der Waals surface area contributed by atoms with Gasteiger partial charge < -0.3 is 10.2 Å². The summed E-state index contributed by atoms with van der Waals surface area (Å²) >= 11 is 0. The van der Waals surface area contributed by atoms with Gasteiger partial charge in [-0.3, -0.25) is 14.6 Å². The molecule has 2 heterocycles. The summed E-state index contributed by atoms with van der Waals surface area (Å²) < 4.78 is 13.6. The molecule has 0 saturated carbocycles. The van der Waals surface area contributed by atoms with Crippen LogP contribution in [0.5, 0.6) is 0 Å². The molecule has 2 atom stereocenters. The number of likely N-dealkylation sites (tertiary alicyclic amines) is 1. The maximum Gasteiger partial charge on any atom is 0.256 e. The number of carbonyl (C=O) groups excluding carboxylic acids is 2. The zero-order valence-electron chi connectivity index (χ0n) is 18.9. The van der Waals surface area contributed by atoms with Crippen molar-refractivity contribution in [1.29, 1.82) is 0 Å². The molecule has 0 radical (unpaired) electrons. The number of rotatable bonds is 3. The summed E-state index contributed by atoms with van der Waals surface area (Å²) in [6, 6.07) is 11.3. The molecule has 1 N–H and O–H groups in total. The molecular formula is C26H28FN3O2. The number of carbonyl (C=O) groups is 2. The predicted octanol–water partition coefficient (Wildman–Crippen LogP) is 5.36. The number of pyridine rings is 1. The van der Waals surface area contributed by atoms with Crippen molar-refractivity contribution in [2.45, 2.75) is 34.1 Å². The van der Waals surface area contributed by atoms with Gasteiger partial charge in [-0.05, 0) is 68.0 Å². The summed E-state index contributed by atoms with van der Waals surface area (Å²) in [5, 5.41) is 3.52. The van der Waals surface area contributed by atoms with Crippen LogP contribution in [0.2, 0.25) is 0 Å². The van der Waals surface area contributed by atoms with E-state index in [1.807, 2.05) is 24.0 Å². The number of nitrogens with one attached hydrogen (secondary N) is 1. The topological polar surface area (TPSA) is 62.3 Å². The van der Waals surface area contributed by atoms with Gasteiger partial charge in [0.05, 0.1) is 11.1 Å². The minimum absolute atomic E-state index is 0.0143. The van der Waals surface area contributed by atoms with E-state index in [2.05, 4.69) is 24.1 Å². The van der Waals surface area contributed by atoms with Crippen LogP contribution in [-0.2, 0) is 0 Å². The second kappa shape index (κ2) is 8.69. The number of hydrogen-bond acceptors (Lipinski definition) is 3. The highest BCUT2D eigenvalue weighted by Gasteiger charge is 2.26. The average Bonchev–Trinajstić information content (AvgIpc) is 2.73. The molecule has 0 aliphatic carbocycles. The van der Waals surface area contributed by atoms with E-state index in [-0.39, 0.29) is 11.8 Å². The van der Waals surface area contributed by atoms with Gasteiger partial charge in [0, 0.05) is 41.5 Å². The maximum absolute atomic E-state index is 13.6. The number of anilines is 1.